The van der Waals surface area contributed by atoms with Gasteiger partial charge in [0, 0.05) is 19.6 Å². The monoisotopic (exact) mass is 326 g/mol. The number of nitrogen functional groups attached to an aromatic ring is 1. The number of nitrogens with two attached hydrogens (primary N) is 1. The van der Waals surface area contributed by atoms with Gasteiger partial charge in [-0.3, -0.25) is 4.90 Å². The lowest BCUT2D eigenvalue weighted by Gasteiger charge is -2.28. The third-order valence-corrected chi connectivity index (χ3v) is 3.65. The van der Waals surface area contributed by atoms with E-state index in [0.717, 1.165) is 13.1 Å². The molecule has 1 aromatic rings. The molecule has 1 aliphatic heterocycles. The Labute approximate surface area is 128 Å². The lowest BCUT2D eigenvalue weighted by atomic mass is 10.1. The van der Waals surface area contributed by atoms with Gasteiger partial charge in [0.15, 0.2) is 0 Å². The van der Waals surface area contributed by atoms with E-state index in [2.05, 4.69) is 4.90 Å². The van der Waals surface area contributed by atoms with Crippen LogP contribution >= 0.6 is 35.6 Å². The van der Waals surface area contributed by atoms with Crippen molar-refractivity contribution in [3.63, 3.8) is 0 Å². The molecule has 0 amide bonds. The molecule has 1 heterocycles. The number of hydrogen-bond acceptors (Lipinski definition) is 4. The number of nitrogens with zero attached hydrogens (tertiary/aromatic N) is 1. The smallest absolute Gasteiger partial charge is 0.0918 e. The summed E-state index contributed by atoms with van der Waals surface area (Å²) >= 11 is 11.9. The summed E-state index contributed by atoms with van der Waals surface area (Å²) in [5, 5.41) is 10.9. The Morgan fingerprint density at radius 2 is 1.79 bits per heavy atom. The predicted octanol–water partition coefficient (Wildman–Crippen LogP) is 2.36. The summed E-state index contributed by atoms with van der Waals surface area (Å²) in [5.41, 5.74) is 6.70. The minimum absolute atomic E-state index is 0. The van der Waals surface area contributed by atoms with Gasteiger partial charge in [0.2, 0.25) is 0 Å². The fourth-order valence-corrected chi connectivity index (χ4v) is 2.43. The van der Waals surface area contributed by atoms with Crippen LogP contribution in [-0.2, 0) is 4.74 Å². The molecule has 0 bridgehead atoms. The van der Waals surface area contributed by atoms with Crippen molar-refractivity contribution in [2.24, 2.45) is 0 Å². The molecule has 7 heteroatoms. The summed E-state index contributed by atoms with van der Waals surface area (Å²) in [6.07, 6.45) is -0.626. The molecule has 0 aromatic heterocycles. The number of hydrogen-bond donors (Lipinski definition) is 2. The van der Waals surface area contributed by atoms with Gasteiger partial charge in [-0.2, -0.15) is 0 Å². The molecule has 1 saturated heterocycles. The van der Waals surface area contributed by atoms with Gasteiger partial charge in [-0.05, 0) is 17.7 Å². The predicted molar refractivity (Wildman–Crippen MR) is 80.3 cm³/mol. The summed E-state index contributed by atoms with van der Waals surface area (Å²) in [5.74, 6) is 0. The van der Waals surface area contributed by atoms with E-state index in [1.807, 2.05) is 0 Å². The molecule has 1 aliphatic rings. The minimum atomic E-state index is -0.626. The van der Waals surface area contributed by atoms with E-state index >= 15 is 0 Å². The highest BCUT2D eigenvalue weighted by Gasteiger charge is 2.17. The van der Waals surface area contributed by atoms with Crippen LogP contribution in [0.4, 0.5) is 5.69 Å². The number of benzene rings is 1. The zero-order valence-electron chi connectivity index (χ0n) is 10.3. The molecular formula is C12H17Cl3N2O2. The Bertz CT molecular complexity index is 402. The van der Waals surface area contributed by atoms with E-state index in [4.69, 9.17) is 33.7 Å². The van der Waals surface area contributed by atoms with Crippen LogP contribution in [0.2, 0.25) is 10.0 Å². The first-order valence-corrected chi connectivity index (χ1v) is 6.56. The van der Waals surface area contributed by atoms with Gasteiger partial charge < -0.3 is 15.6 Å². The maximum atomic E-state index is 10.2. The van der Waals surface area contributed by atoms with Crippen LogP contribution in [0.15, 0.2) is 12.1 Å². The Kier molecular flexibility index (Phi) is 6.66. The van der Waals surface area contributed by atoms with Crippen LogP contribution in [-0.4, -0.2) is 42.9 Å². The first-order chi connectivity index (χ1) is 8.58. The van der Waals surface area contributed by atoms with Crippen molar-refractivity contribution in [3.05, 3.63) is 27.7 Å². The van der Waals surface area contributed by atoms with Crippen LogP contribution in [0.1, 0.15) is 11.7 Å². The van der Waals surface area contributed by atoms with Gasteiger partial charge in [-0.25, -0.2) is 0 Å². The van der Waals surface area contributed by atoms with Crippen molar-refractivity contribution in [2.75, 3.05) is 38.6 Å². The fourth-order valence-electron chi connectivity index (χ4n) is 1.93. The molecule has 0 radical (unpaired) electrons. The fraction of sp³-hybridized carbons (Fsp3) is 0.500. The van der Waals surface area contributed by atoms with Crippen molar-refractivity contribution >= 4 is 41.3 Å². The van der Waals surface area contributed by atoms with Crippen molar-refractivity contribution in [3.8, 4) is 0 Å². The van der Waals surface area contributed by atoms with E-state index < -0.39 is 6.10 Å². The first kappa shape index (κ1) is 16.8. The third kappa shape index (κ3) is 4.38. The van der Waals surface area contributed by atoms with Crippen molar-refractivity contribution in [1.82, 2.24) is 4.90 Å². The van der Waals surface area contributed by atoms with Crippen LogP contribution in [0.3, 0.4) is 0 Å². The molecule has 0 spiro atoms. The standard InChI is InChI=1S/C12H16Cl2N2O2.ClH/c13-9-5-8(6-10(14)12(9)15)11(17)7-16-1-3-18-4-2-16;/h5-6,11,17H,1-4,7,15H2;1H. The largest absolute Gasteiger partial charge is 0.396 e. The zero-order chi connectivity index (χ0) is 13.1. The van der Waals surface area contributed by atoms with Gasteiger partial charge in [-0.15, -0.1) is 12.4 Å². The van der Waals surface area contributed by atoms with Gasteiger partial charge in [0.05, 0.1) is 35.1 Å². The molecule has 3 N–H and O–H groups in total. The van der Waals surface area contributed by atoms with Crippen LogP contribution in [0.5, 0.6) is 0 Å². The Morgan fingerprint density at radius 3 is 2.32 bits per heavy atom. The molecule has 4 nitrogen and oxygen atoms in total. The van der Waals surface area contributed by atoms with E-state index in [1.54, 1.807) is 12.1 Å². The Morgan fingerprint density at radius 1 is 1.26 bits per heavy atom. The second kappa shape index (κ2) is 7.53. The summed E-state index contributed by atoms with van der Waals surface area (Å²) in [7, 11) is 0. The number of β-amino-alcohol motifs (C(OH)–C–C–N with tert-alkyl or cyclic N) is 1. The van der Waals surface area contributed by atoms with Crippen LogP contribution in [0.25, 0.3) is 0 Å². The average molecular weight is 328 g/mol. The quantitative estimate of drug-likeness (QED) is 0.837. The summed E-state index contributed by atoms with van der Waals surface area (Å²) < 4.78 is 5.26. The van der Waals surface area contributed by atoms with Crippen LogP contribution < -0.4 is 5.73 Å². The molecule has 0 saturated carbocycles. The highest BCUT2D eigenvalue weighted by molar-refractivity contribution is 6.38. The molecule has 1 aromatic carbocycles. The van der Waals surface area contributed by atoms with Crippen molar-refractivity contribution in [2.45, 2.75) is 6.10 Å². The molecule has 1 fully saturated rings. The number of ether oxygens (including phenoxy) is 1. The summed E-state index contributed by atoms with van der Waals surface area (Å²) in [4.78, 5) is 2.15. The third-order valence-electron chi connectivity index (χ3n) is 3.02. The topological polar surface area (TPSA) is 58.7 Å². The Balaban J connectivity index is 0.00000180. The summed E-state index contributed by atoms with van der Waals surface area (Å²) in [6.45, 7) is 3.60. The molecular weight excluding hydrogens is 311 g/mol. The minimum Gasteiger partial charge on any atom is -0.396 e. The number of aliphatic hydroxyl groups is 1. The lowest BCUT2D eigenvalue weighted by molar-refractivity contribution is 0.0143. The normalized spacial score (nSPS) is 17.8. The van der Waals surface area contributed by atoms with Gasteiger partial charge >= 0.3 is 0 Å². The number of halogens is 3. The molecule has 1 unspecified atom stereocenters. The maximum absolute atomic E-state index is 10.2. The molecule has 0 aliphatic carbocycles. The summed E-state index contributed by atoms with van der Waals surface area (Å²) in [6, 6.07) is 3.32. The molecule has 108 valence electrons. The maximum Gasteiger partial charge on any atom is 0.0918 e. The van der Waals surface area contributed by atoms with Crippen molar-refractivity contribution < 1.29 is 9.84 Å². The lowest BCUT2D eigenvalue weighted by Crippen LogP contribution is -2.38. The van der Waals surface area contributed by atoms with Gasteiger partial charge in [0.25, 0.3) is 0 Å². The Hall–Kier alpha value is -0.230. The first-order valence-electron chi connectivity index (χ1n) is 5.80. The van der Waals surface area contributed by atoms with E-state index in [-0.39, 0.29) is 12.4 Å². The van der Waals surface area contributed by atoms with Crippen molar-refractivity contribution in [1.29, 1.82) is 0 Å². The molecule has 2 rings (SSSR count). The second-order valence-corrected chi connectivity index (χ2v) is 5.14. The van der Waals surface area contributed by atoms with Gasteiger partial charge in [-0.1, -0.05) is 23.2 Å². The highest BCUT2D eigenvalue weighted by atomic mass is 35.5. The van der Waals surface area contributed by atoms with E-state index in [1.165, 1.54) is 0 Å². The van der Waals surface area contributed by atoms with E-state index in [9.17, 15) is 5.11 Å². The highest BCUT2D eigenvalue weighted by Crippen LogP contribution is 2.31. The zero-order valence-corrected chi connectivity index (χ0v) is 12.6. The second-order valence-electron chi connectivity index (χ2n) is 4.33. The molecule has 19 heavy (non-hydrogen) atoms. The number of morpholine rings is 1. The number of aliphatic hydroxyl groups excluding tert-OH is 1. The number of anilines is 1. The van der Waals surface area contributed by atoms with Gasteiger partial charge in [0.1, 0.15) is 0 Å². The SMILES string of the molecule is Cl.Nc1c(Cl)cc(C(O)CN2CCOCC2)cc1Cl. The van der Waals surface area contributed by atoms with Crippen LogP contribution in [0, 0.1) is 0 Å². The molecule has 1 atom stereocenters. The van der Waals surface area contributed by atoms with E-state index in [0.29, 0.717) is 41.1 Å². The number of rotatable bonds is 3. The average Bonchev–Trinajstić information content (AvgIpc) is 2.36.